The van der Waals surface area contributed by atoms with Gasteiger partial charge in [-0.3, -0.25) is 4.79 Å². The number of nitriles is 1. The lowest BCUT2D eigenvalue weighted by atomic mass is 10.1. The first-order chi connectivity index (χ1) is 15.4. The lowest BCUT2D eigenvalue weighted by Crippen LogP contribution is -2.28. The molecule has 32 heavy (non-hydrogen) atoms. The van der Waals surface area contributed by atoms with Crippen LogP contribution in [0.1, 0.15) is 21.8 Å². The third-order valence-corrected chi connectivity index (χ3v) is 5.69. The molecule has 0 spiro atoms. The number of hydrogen-bond donors (Lipinski definition) is 1. The third-order valence-electron chi connectivity index (χ3n) is 4.82. The van der Waals surface area contributed by atoms with Gasteiger partial charge in [0, 0.05) is 22.0 Å². The van der Waals surface area contributed by atoms with Gasteiger partial charge in [-0.2, -0.15) is 5.26 Å². The molecule has 0 aliphatic heterocycles. The van der Waals surface area contributed by atoms with Crippen molar-refractivity contribution in [2.75, 3.05) is 13.7 Å². The molecule has 3 rings (SSSR count). The van der Waals surface area contributed by atoms with E-state index in [1.54, 1.807) is 7.11 Å². The maximum Gasteiger partial charge on any atom is 0.349 e. The Morgan fingerprint density at radius 2 is 1.97 bits per heavy atom. The van der Waals surface area contributed by atoms with Gasteiger partial charge >= 0.3 is 5.97 Å². The first kappa shape index (κ1) is 22.8. The normalized spacial score (nSPS) is 11.0. The fourth-order valence-corrected chi connectivity index (χ4v) is 3.86. The number of ether oxygens (including phenoxy) is 2. The smallest absolute Gasteiger partial charge is 0.349 e. The van der Waals surface area contributed by atoms with E-state index in [2.05, 4.69) is 5.32 Å². The minimum Gasteiger partial charge on any atom is -0.497 e. The number of carbonyl (C=O) groups excluding carboxylic acids is 2. The molecule has 0 atom stereocenters. The van der Waals surface area contributed by atoms with Gasteiger partial charge in [0.25, 0.3) is 5.91 Å². The Labute approximate surface area is 190 Å². The standard InChI is InChI=1S/C24H23N3O4S/c1-16-11-18(17(2)27(16)20-6-8-21(30-3)9-7-20)12-19(13-25)24(29)31-15-23(28)26-14-22-5-4-10-32-22/h4-12H,14-15H2,1-3H3,(H,26,28)/b19-12+. The Hall–Kier alpha value is -3.83. The number of nitrogens with one attached hydrogen (secondary N) is 1. The van der Waals surface area contributed by atoms with Crippen LogP contribution in [-0.2, 0) is 20.9 Å². The zero-order valence-electron chi connectivity index (χ0n) is 18.0. The van der Waals surface area contributed by atoms with Crippen LogP contribution in [0, 0.1) is 25.2 Å². The number of hydrogen-bond acceptors (Lipinski definition) is 6. The summed E-state index contributed by atoms with van der Waals surface area (Å²) in [5.74, 6) is -0.514. The molecule has 0 bridgehead atoms. The van der Waals surface area contributed by atoms with Gasteiger partial charge in [-0.15, -0.1) is 11.3 Å². The van der Waals surface area contributed by atoms with Crippen LogP contribution in [0.4, 0.5) is 0 Å². The summed E-state index contributed by atoms with van der Waals surface area (Å²) in [6.45, 7) is 3.76. The van der Waals surface area contributed by atoms with Crippen molar-refractivity contribution in [3.8, 4) is 17.5 Å². The van der Waals surface area contributed by atoms with E-state index >= 15 is 0 Å². The number of esters is 1. The van der Waals surface area contributed by atoms with Crippen LogP contribution < -0.4 is 10.1 Å². The summed E-state index contributed by atoms with van der Waals surface area (Å²) < 4.78 is 12.2. The molecule has 0 saturated carbocycles. The van der Waals surface area contributed by atoms with Crippen LogP contribution in [0.2, 0.25) is 0 Å². The average molecular weight is 450 g/mol. The van der Waals surface area contributed by atoms with Gasteiger partial charge in [-0.1, -0.05) is 6.07 Å². The number of rotatable bonds is 8. The second kappa shape index (κ2) is 10.5. The molecule has 1 aromatic carbocycles. The second-order valence-electron chi connectivity index (χ2n) is 6.96. The van der Waals surface area contributed by atoms with E-state index in [1.165, 1.54) is 17.4 Å². The Balaban J connectivity index is 1.69. The highest BCUT2D eigenvalue weighted by Gasteiger charge is 2.16. The molecule has 0 aliphatic carbocycles. The van der Waals surface area contributed by atoms with Gasteiger partial charge in [0.2, 0.25) is 0 Å². The van der Waals surface area contributed by atoms with Crippen molar-refractivity contribution in [2.45, 2.75) is 20.4 Å². The molecule has 0 unspecified atom stereocenters. The monoisotopic (exact) mass is 449 g/mol. The Morgan fingerprint density at radius 1 is 1.22 bits per heavy atom. The van der Waals surface area contributed by atoms with Gasteiger partial charge in [-0.05, 0) is 67.3 Å². The molecular weight excluding hydrogens is 426 g/mol. The maximum atomic E-state index is 12.3. The van der Waals surface area contributed by atoms with Crippen molar-refractivity contribution in [3.63, 3.8) is 0 Å². The number of nitrogens with zero attached hydrogens (tertiary/aromatic N) is 2. The van der Waals surface area contributed by atoms with Crippen molar-refractivity contribution in [1.82, 2.24) is 9.88 Å². The summed E-state index contributed by atoms with van der Waals surface area (Å²) in [5, 5.41) is 14.0. The van der Waals surface area contributed by atoms with E-state index in [9.17, 15) is 14.9 Å². The maximum absolute atomic E-state index is 12.3. The highest BCUT2D eigenvalue weighted by molar-refractivity contribution is 7.09. The molecule has 2 heterocycles. The van der Waals surface area contributed by atoms with Gasteiger partial charge < -0.3 is 19.4 Å². The van der Waals surface area contributed by atoms with E-state index in [4.69, 9.17) is 9.47 Å². The third kappa shape index (κ3) is 5.45. The van der Waals surface area contributed by atoms with E-state index in [-0.39, 0.29) is 5.57 Å². The quantitative estimate of drug-likeness (QED) is 0.320. The van der Waals surface area contributed by atoms with E-state index < -0.39 is 18.5 Å². The molecule has 0 aliphatic rings. The first-order valence-corrected chi connectivity index (χ1v) is 10.7. The van der Waals surface area contributed by atoms with Crippen molar-refractivity contribution >= 4 is 29.3 Å². The largest absolute Gasteiger partial charge is 0.497 e. The topological polar surface area (TPSA) is 93.3 Å². The van der Waals surface area contributed by atoms with Gasteiger partial charge in [0.05, 0.1) is 13.7 Å². The van der Waals surface area contributed by atoms with E-state index in [1.807, 2.05) is 72.3 Å². The summed E-state index contributed by atoms with van der Waals surface area (Å²) >= 11 is 1.52. The van der Waals surface area contributed by atoms with Gasteiger partial charge in [0.15, 0.2) is 6.61 Å². The van der Waals surface area contributed by atoms with Gasteiger partial charge in [0.1, 0.15) is 17.4 Å². The Morgan fingerprint density at radius 3 is 2.59 bits per heavy atom. The number of benzene rings is 1. The molecule has 8 heteroatoms. The fourth-order valence-electron chi connectivity index (χ4n) is 3.21. The summed E-state index contributed by atoms with van der Waals surface area (Å²) in [6.07, 6.45) is 1.48. The molecule has 3 aromatic rings. The van der Waals surface area contributed by atoms with Crippen LogP contribution in [0.5, 0.6) is 5.75 Å². The minimum atomic E-state index is -0.840. The SMILES string of the molecule is COc1ccc(-n2c(C)cc(/C=C(\C#N)C(=O)OCC(=O)NCc3cccs3)c2C)cc1. The van der Waals surface area contributed by atoms with E-state index in [0.717, 1.165) is 27.7 Å². The number of aryl methyl sites for hydroxylation is 1. The first-order valence-electron chi connectivity index (χ1n) is 9.84. The lowest BCUT2D eigenvalue weighted by molar-refractivity contribution is -0.144. The highest BCUT2D eigenvalue weighted by atomic mass is 32.1. The summed E-state index contributed by atoms with van der Waals surface area (Å²) in [5.41, 5.74) is 3.28. The average Bonchev–Trinajstić information content (AvgIpc) is 3.42. The highest BCUT2D eigenvalue weighted by Crippen LogP contribution is 2.24. The number of amides is 1. The van der Waals surface area contributed by atoms with Crippen LogP contribution >= 0.6 is 11.3 Å². The molecule has 0 saturated heterocycles. The fraction of sp³-hybridized carbons (Fsp3) is 0.208. The number of aromatic nitrogens is 1. The van der Waals surface area contributed by atoms with Crippen LogP contribution in [-0.4, -0.2) is 30.2 Å². The molecule has 7 nitrogen and oxygen atoms in total. The lowest BCUT2D eigenvalue weighted by Gasteiger charge is -2.10. The second-order valence-corrected chi connectivity index (χ2v) is 7.99. The number of methoxy groups -OCH3 is 1. The molecule has 0 radical (unpaired) electrons. The van der Waals surface area contributed by atoms with E-state index in [0.29, 0.717) is 12.1 Å². The number of carbonyl (C=O) groups is 2. The Kier molecular flexibility index (Phi) is 7.47. The summed E-state index contributed by atoms with van der Waals surface area (Å²) in [7, 11) is 1.61. The molecular formula is C24H23N3O4S. The summed E-state index contributed by atoms with van der Waals surface area (Å²) in [6, 6.07) is 15.1. The van der Waals surface area contributed by atoms with Crippen molar-refractivity contribution in [2.24, 2.45) is 0 Å². The van der Waals surface area contributed by atoms with Crippen LogP contribution in [0.3, 0.4) is 0 Å². The molecule has 0 fully saturated rings. The zero-order valence-corrected chi connectivity index (χ0v) is 18.9. The van der Waals surface area contributed by atoms with Crippen molar-refractivity contribution in [3.05, 3.63) is 75.2 Å². The molecule has 1 N–H and O–H groups in total. The van der Waals surface area contributed by atoms with Crippen molar-refractivity contribution < 1.29 is 19.1 Å². The zero-order chi connectivity index (χ0) is 23.1. The predicted molar refractivity (Wildman–Crippen MR) is 123 cm³/mol. The molecule has 1 amide bonds. The molecule has 164 valence electrons. The van der Waals surface area contributed by atoms with Crippen molar-refractivity contribution in [1.29, 1.82) is 5.26 Å². The minimum absolute atomic E-state index is 0.175. The van der Waals surface area contributed by atoms with Crippen LogP contribution in [0.25, 0.3) is 11.8 Å². The summed E-state index contributed by atoms with van der Waals surface area (Å²) in [4.78, 5) is 25.3. The number of thiophene rings is 1. The Bertz CT molecular complexity index is 1170. The predicted octanol–water partition coefficient (Wildman–Crippen LogP) is 3.93. The van der Waals surface area contributed by atoms with Gasteiger partial charge in [-0.25, -0.2) is 4.79 Å². The van der Waals surface area contributed by atoms with Crippen LogP contribution in [0.15, 0.2) is 53.4 Å². The molecule has 2 aromatic heterocycles.